The van der Waals surface area contributed by atoms with E-state index in [1.54, 1.807) is 0 Å². The van der Waals surface area contributed by atoms with Crippen molar-refractivity contribution in [2.24, 2.45) is 0 Å². The van der Waals surface area contributed by atoms with E-state index in [0.29, 0.717) is 4.83 Å². The van der Waals surface area contributed by atoms with Crippen molar-refractivity contribution in [3.8, 4) is 0 Å². The van der Waals surface area contributed by atoms with Crippen molar-refractivity contribution in [3.63, 3.8) is 0 Å². The molecule has 1 atom stereocenters. The van der Waals surface area contributed by atoms with Crippen LogP contribution in [0.5, 0.6) is 0 Å². The first-order chi connectivity index (χ1) is 4.70. The number of hydrogen-bond acceptors (Lipinski definition) is 1. The SMILES string of the molecule is CC(Br)c1ccc(N)cc1. The number of rotatable bonds is 1. The van der Waals surface area contributed by atoms with Crippen LogP contribution in [0.3, 0.4) is 0 Å². The molecule has 2 heteroatoms. The lowest BCUT2D eigenvalue weighted by atomic mass is 10.2. The van der Waals surface area contributed by atoms with Gasteiger partial charge in [0.1, 0.15) is 0 Å². The van der Waals surface area contributed by atoms with Crippen molar-refractivity contribution >= 4 is 21.6 Å². The Morgan fingerprint density at radius 2 is 1.80 bits per heavy atom. The standard InChI is InChI=1S/C8H10BrN/c1-6(9)7-2-4-8(10)5-3-7/h2-6H,10H2,1H3. The van der Waals surface area contributed by atoms with Crippen LogP contribution in [-0.2, 0) is 0 Å². The Morgan fingerprint density at radius 1 is 1.30 bits per heavy atom. The zero-order valence-electron chi connectivity index (χ0n) is 5.84. The van der Waals surface area contributed by atoms with Gasteiger partial charge in [0.05, 0.1) is 0 Å². The van der Waals surface area contributed by atoms with Crippen LogP contribution in [0.1, 0.15) is 17.3 Å². The molecule has 0 aliphatic carbocycles. The molecular formula is C8H10BrN. The van der Waals surface area contributed by atoms with E-state index in [9.17, 15) is 0 Å². The molecule has 1 aromatic carbocycles. The molecule has 0 bridgehead atoms. The molecule has 1 nitrogen and oxygen atoms in total. The largest absolute Gasteiger partial charge is 0.399 e. The van der Waals surface area contributed by atoms with Crippen LogP contribution in [0.15, 0.2) is 24.3 Å². The average molecular weight is 200 g/mol. The van der Waals surface area contributed by atoms with Gasteiger partial charge in [-0.3, -0.25) is 0 Å². The molecule has 0 heterocycles. The van der Waals surface area contributed by atoms with E-state index >= 15 is 0 Å². The maximum Gasteiger partial charge on any atom is 0.0367 e. The molecule has 1 rings (SSSR count). The monoisotopic (exact) mass is 199 g/mol. The highest BCUT2D eigenvalue weighted by Gasteiger charge is 1.97. The van der Waals surface area contributed by atoms with Crippen LogP contribution in [0.2, 0.25) is 0 Å². The number of anilines is 1. The Bertz CT molecular complexity index is 203. The van der Waals surface area contributed by atoms with Crippen molar-refractivity contribution in [2.45, 2.75) is 11.8 Å². The van der Waals surface area contributed by atoms with Gasteiger partial charge in [-0.1, -0.05) is 28.1 Å². The molecule has 0 aliphatic heterocycles. The molecule has 1 unspecified atom stereocenters. The normalized spacial score (nSPS) is 13.0. The maximum absolute atomic E-state index is 5.51. The molecule has 1 aromatic rings. The third-order valence-corrected chi connectivity index (χ3v) is 1.92. The van der Waals surface area contributed by atoms with E-state index in [-0.39, 0.29) is 0 Å². The van der Waals surface area contributed by atoms with Gasteiger partial charge in [-0.25, -0.2) is 0 Å². The van der Waals surface area contributed by atoms with Gasteiger partial charge in [-0.15, -0.1) is 0 Å². The molecule has 54 valence electrons. The minimum Gasteiger partial charge on any atom is -0.399 e. The fraction of sp³-hybridized carbons (Fsp3) is 0.250. The predicted octanol–water partition coefficient (Wildman–Crippen LogP) is 2.72. The number of alkyl halides is 1. The highest BCUT2D eigenvalue weighted by Crippen LogP contribution is 2.21. The van der Waals surface area contributed by atoms with Crippen molar-refractivity contribution < 1.29 is 0 Å². The minimum absolute atomic E-state index is 0.410. The van der Waals surface area contributed by atoms with Gasteiger partial charge in [0.25, 0.3) is 0 Å². The molecule has 0 fully saturated rings. The van der Waals surface area contributed by atoms with Crippen molar-refractivity contribution in [2.75, 3.05) is 5.73 Å². The Balaban J connectivity index is 2.89. The van der Waals surface area contributed by atoms with Crippen LogP contribution in [0.25, 0.3) is 0 Å². The Kier molecular flexibility index (Phi) is 2.33. The van der Waals surface area contributed by atoms with Gasteiger partial charge in [0.2, 0.25) is 0 Å². The highest BCUT2D eigenvalue weighted by molar-refractivity contribution is 9.09. The molecule has 10 heavy (non-hydrogen) atoms. The number of halogens is 1. The third kappa shape index (κ3) is 1.74. The Hall–Kier alpha value is -0.500. The van der Waals surface area contributed by atoms with Gasteiger partial charge in [0.15, 0.2) is 0 Å². The van der Waals surface area contributed by atoms with Gasteiger partial charge < -0.3 is 5.73 Å². The third-order valence-electron chi connectivity index (χ3n) is 1.40. The van der Waals surface area contributed by atoms with Gasteiger partial charge >= 0.3 is 0 Å². The topological polar surface area (TPSA) is 26.0 Å². The van der Waals surface area contributed by atoms with Crippen LogP contribution >= 0.6 is 15.9 Å². The van der Waals surface area contributed by atoms with E-state index in [0.717, 1.165) is 5.69 Å². The molecule has 0 radical (unpaired) electrons. The molecule has 0 amide bonds. The number of nitrogens with two attached hydrogens (primary N) is 1. The number of nitrogen functional groups attached to an aromatic ring is 1. The summed E-state index contributed by atoms with van der Waals surface area (Å²) in [6.07, 6.45) is 0. The van der Waals surface area contributed by atoms with Gasteiger partial charge in [-0.05, 0) is 24.6 Å². The highest BCUT2D eigenvalue weighted by atomic mass is 79.9. The molecule has 0 spiro atoms. The van der Waals surface area contributed by atoms with E-state index < -0.39 is 0 Å². The van der Waals surface area contributed by atoms with Crippen LogP contribution in [0.4, 0.5) is 5.69 Å². The molecule has 0 aromatic heterocycles. The van der Waals surface area contributed by atoms with E-state index in [1.165, 1.54) is 5.56 Å². The van der Waals surface area contributed by atoms with Crippen molar-refractivity contribution in [1.82, 2.24) is 0 Å². The summed E-state index contributed by atoms with van der Waals surface area (Å²) in [5, 5.41) is 0. The summed E-state index contributed by atoms with van der Waals surface area (Å²) in [6, 6.07) is 7.86. The first kappa shape index (κ1) is 7.61. The zero-order chi connectivity index (χ0) is 7.56. The fourth-order valence-electron chi connectivity index (χ4n) is 0.761. The summed E-state index contributed by atoms with van der Waals surface area (Å²) < 4.78 is 0. The van der Waals surface area contributed by atoms with Crippen molar-refractivity contribution in [3.05, 3.63) is 29.8 Å². The number of hydrogen-bond donors (Lipinski definition) is 1. The zero-order valence-corrected chi connectivity index (χ0v) is 7.43. The molecule has 0 saturated carbocycles. The Labute approximate surface area is 69.4 Å². The van der Waals surface area contributed by atoms with Crippen molar-refractivity contribution in [1.29, 1.82) is 0 Å². The predicted molar refractivity (Wildman–Crippen MR) is 48.2 cm³/mol. The van der Waals surface area contributed by atoms with E-state index in [2.05, 4.69) is 22.9 Å². The van der Waals surface area contributed by atoms with E-state index in [4.69, 9.17) is 5.73 Å². The first-order valence-electron chi connectivity index (χ1n) is 3.19. The van der Waals surface area contributed by atoms with Crippen LogP contribution in [0, 0.1) is 0 Å². The lowest BCUT2D eigenvalue weighted by molar-refractivity contribution is 1.12. The fourth-order valence-corrected chi connectivity index (χ4v) is 1.07. The second kappa shape index (κ2) is 3.06. The molecule has 2 N–H and O–H groups in total. The number of benzene rings is 1. The molecule has 0 aliphatic rings. The summed E-state index contributed by atoms with van der Waals surface area (Å²) in [5.74, 6) is 0. The maximum atomic E-state index is 5.51. The summed E-state index contributed by atoms with van der Waals surface area (Å²) in [5.41, 5.74) is 7.59. The molecular weight excluding hydrogens is 190 g/mol. The van der Waals surface area contributed by atoms with E-state index in [1.807, 2.05) is 24.3 Å². The lowest BCUT2D eigenvalue weighted by Crippen LogP contribution is -1.86. The van der Waals surface area contributed by atoms with Crippen LogP contribution in [-0.4, -0.2) is 0 Å². The van der Waals surface area contributed by atoms with Gasteiger partial charge in [-0.2, -0.15) is 0 Å². The molecule has 0 saturated heterocycles. The summed E-state index contributed by atoms with van der Waals surface area (Å²) in [6.45, 7) is 2.09. The summed E-state index contributed by atoms with van der Waals surface area (Å²) >= 11 is 3.47. The Morgan fingerprint density at radius 3 is 2.20 bits per heavy atom. The lowest BCUT2D eigenvalue weighted by Gasteiger charge is -2.02. The first-order valence-corrected chi connectivity index (χ1v) is 4.11. The smallest absolute Gasteiger partial charge is 0.0367 e. The quantitative estimate of drug-likeness (QED) is 0.547. The summed E-state index contributed by atoms with van der Waals surface area (Å²) in [4.78, 5) is 0.410. The minimum atomic E-state index is 0.410. The summed E-state index contributed by atoms with van der Waals surface area (Å²) in [7, 11) is 0. The van der Waals surface area contributed by atoms with Gasteiger partial charge in [0, 0.05) is 10.5 Å². The second-order valence-corrected chi connectivity index (χ2v) is 3.66. The second-order valence-electron chi connectivity index (χ2n) is 2.28. The average Bonchev–Trinajstić information content (AvgIpc) is 1.88. The van der Waals surface area contributed by atoms with Crippen LogP contribution < -0.4 is 5.73 Å².